The van der Waals surface area contributed by atoms with Crippen LogP contribution in [0.5, 0.6) is 0 Å². The summed E-state index contributed by atoms with van der Waals surface area (Å²) in [5.74, 6) is 0.179. The summed E-state index contributed by atoms with van der Waals surface area (Å²) in [6, 6.07) is -0.584. The zero-order valence-corrected chi connectivity index (χ0v) is 10.8. The third-order valence-electron chi connectivity index (χ3n) is 4.04. The molecule has 2 rings (SSSR count). The largest absolute Gasteiger partial charge is 0.465 e. The molecule has 96 valence electrons. The minimum atomic E-state index is -1.01. The van der Waals surface area contributed by atoms with Gasteiger partial charge in [0, 0.05) is 6.54 Å². The molecule has 2 aliphatic rings. The molecular formula is C12H20N2O3. The average Bonchev–Trinajstić information content (AvgIpc) is 2.86. The van der Waals surface area contributed by atoms with Gasteiger partial charge >= 0.3 is 6.09 Å². The van der Waals surface area contributed by atoms with Crippen LogP contribution in [0.3, 0.4) is 0 Å². The number of carbonyl (C=O) groups excluding carboxylic acids is 1. The van der Waals surface area contributed by atoms with Crippen molar-refractivity contribution in [2.45, 2.75) is 45.7 Å². The van der Waals surface area contributed by atoms with Crippen molar-refractivity contribution < 1.29 is 14.7 Å². The van der Waals surface area contributed by atoms with Crippen LogP contribution in [0.4, 0.5) is 4.79 Å². The lowest BCUT2D eigenvalue weighted by atomic mass is 9.86. The van der Waals surface area contributed by atoms with Crippen LogP contribution in [0.1, 0.15) is 34.1 Å². The van der Waals surface area contributed by atoms with Crippen molar-refractivity contribution in [3.63, 3.8) is 0 Å². The normalized spacial score (nSPS) is 36.9. The van der Waals surface area contributed by atoms with Gasteiger partial charge in [-0.25, -0.2) is 4.79 Å². The highest BCUT2D eigenvalue weighted by molar-refractivity contribution is 5.87. The van der Waals surface area contributed by atoms with Crippen molar-refractivity contribution in [3.8, 4) is 0 Å². The predicted octanol–water partition coefficient (Wildman–Crippen LogP) is 1.29. The molecule has 2 amide bonds. The van der Waals surface area contributed by atoms with Gasteiger partial charge in [-0.2, -0.15) is 0 Å². The lowest BCUT2D eigenvalue weighted by Gasteiger charge is -2.38. The van der Waals surface area contributed by atoms with Gasteiger partial charge in [0.15, 0.2) is 0 Å². The van der Waals surface area contributed by atoms with Gasteiger partial charge in [0.1, 0.15) is 6.04 Å². The van der Waals surface area contributed by atoms with Crippen LogP contribution in [-0.2, 0) is 4.79 Å². The van der Waals surface area contributed by atoms with Crippen LogP contribution in [0.15, 0.2) is 0 Å². The molecule has 1 saturated carbocycles. The van der Waals surface area contributed by atoms with E-state index in [1.165, 1.54) is 4.90 Å². The fourth-order valence-corrected chi connectivity index (χ4v) is 2.96. The van der Waals surface area contributed by atoms with E-state index in [1.807, 2.05) is 0 Å². The van der Waals surface area contributed by atoms with Crippen molar-refractivity contribution >= 4 is 12.0 Å². The molecule has 2 N–H and O–H groups in total. The van der Waals surface area contributed by atoms with Gasteiger partial charge in [0.05, 0.1) is 5.54 Å². The fourth-order valence-electron chi connectivity index (χ4n) is 2.96. The van der Waals surface area contributed by atoms with Crippen LogP contribution < -0.4 is 5.32 Å². The number of amides is 2. The average molecular weight is 240 g/mol. The Morgan fingerprint density at radius 2 is 2.12 bits per heavy atom. The predicted molar refractivity (Wildman–Crippen MR) is 62.6 cm³/mol. The summed E-state index contributed by atoms with van der Waals surface area (Å²) in [6.07, 6.45) is -0.134. The Morgan fingerprint density at radius 1 is 1.53 bits per heavy atom. The highest BCUT2D eigenvalue weighted by atomic mass is 16.4. The molecule has 2 fully saturated rings. The quantitative estimate of drug-likeness (QED) is 0.670. The lowest BCUT2D eigenvalue weighted by Crippen LogP contribution is -2.63. The van der Waals surface area contributed by atoms with Crippen LogP contribution in [0.2, 0.25) is 0 Å². The van der Waals surface area contributed by atoms with Crippen molar-refractivity contribution in [1.29, 1.82) is 0 Å². The summed E-state index contributed by atoms with van der Waals surface area (Å²) in [5, 5.41) is 12.1. The molecule has 3 unspecified atom stereocenters. The summed E-state index contributed by atoms with van der Waals surface area (Å²) in [7, 11) is 0. The maximum atomic E-state index is 11.8. The zero-order chi connectivity index (χ0) is 13.0. The number of carboxylic acid groups (broad SMARTS) is 1. The summed E-state index contributed by atoms with van der Waals surface area (Å²) in [6.45, 7) is 8.42. The van der Waals surface area contributed by atoms with Crippen LogP contribution in [0, 0.1) is 11.3 Å². The molecule has 0 bridgehead atoms. The minimum absolute atomic E-state index is 0.0953. The molecule has 0 aromatic carbocycles. The smallest absolute Gasteiger partial charge is 0.408 e. The van der Waals surface area contributed by atoms with Crippen molar-refractivity contribution in [1.82, 2.24) is 10.2 Å². The molecular weight excluding hydrogens is 220 g/mol. The molecule has 5 nitrogen and oxygen atoms in total. The molecule has 1 aliphatic carbocycles. The number of nitrogens with zero attached hydrogens (tertiary/aromatic N) is 1. The number of nitrogens with one attached hydrogen (secondary N) is 1. The topological polar surface area (TPSA) is 69.6 Å². The van der Waals surface area contributed by atoms with Gasteiger partial charge in [-0.1, -0.05) is 20.8 Å². The Hall–Kier alpha value is -1.26. The van der Waals surface area contributed by atoms with E-state index in [-0.39, 0.29) is 16.9 Å². The zero-order valence-electron chi connectivity index (χ0n) is 10.8. The van der Waals surface area contributed by atoms with E-state index in [0.717, 1.165) is 6.42 Å². The van der Waals surface area contributed by atoms with E-state index in [1.54, 1.807) is 6.92 Å². The minimum Gasteiger partial charge on any atom is -0.465 e. The van der Waals surface area contributed by atoms with E-state index in [4.69, 9.17) is 5.11 Å². The second-order valence-electron chi connectivity index (χ2n) is 6.35. The van der Waals surface area contributed by atoms with Crippen molar-refractivity contribution in [2.75, 3.05) is 6.54 Å². The molecule has 0 radical (unpaired) electrons. The van der Waals surface area contributed by atoms with E-state index >= 15 is 0 Å². The van der Waals surface area contributed by atoms with Crippen LogP contribution in [0.25, 0.3) is 0 Å². The van der Waals surface area contributed by atoms with E-state index in [2.05, 4.69) is 26.1 Å². The van der Waals surface area contributed by atoms with E-state index < -0.39 is 12.1 Å². The van der Waals surface area contributed by atoms with Crippen molar-refractivity contribution in [3.05, 3.63) is 0 Å². The second-order valence-corrected chi connectivity index (χ2v) is 6.35. The maximum Gasteiger partial charge on any atom is 0.408 e. The first-order valence-corrected chi connectivity index (χ1v) is 5.99. The number of rotatable bonds is 0. The Labute approximate surface area is 101 Å². The Kier molecular flexibility index (Phi) is 2.42. The van der Waals surface area contributed by atoms with Crippen LogP contribution >= 0.6 is 0 Å². The highest BCUT2D eigenvalue weighted by Gasteiger charge is 2.63. The SMILES string of the molecule is CC1C(=O)NC2(CC2C(C)(C)C)CN1C(=O)O. The molecule has 0 aromatic heterocycles. The summed E-state index contributed by atoms with van der Waals surface area (Å²) in [4.78, 5) is 24.2. The Bertz CT molecular complexity index is 374. The summed E-state index contributed by atoms with van der Waals surface area (Å²) < 4.78 is 0. The molecule has 1 saturated heterocycles. The van der Waals surface area contributed by atoms with Gasteiger partial charge < -0.3 is 10.4 Å². The lowest BCUT2D eigenvalue weighted by molar-refractivity contribution is -0.130. The molecule has 1 spiro atoms. The molecule has 3 atom stereocenters. The molecule has 17 heavy (non-hydrogen) atoms. The third kappa shape index (κ3) is 1.87. The van der Waals surface area contributed by atoms with Gasteiger partial charge in [0.25, 0.3) is 0 Å². The Morgan fingerprint density at radius 3 is 2.53 bits per heavy atom. The third-order valence-corrected chi connectivity index (χ3v) is 4.04. The Balaban J connectivity index is 2.19. The second kappa shape index (κ2) is 3.37. The first-order valence-electron chi connectivity index (χ1n) is 5.99. The maximum absolute atomic E-state index is 11.8. The molecule has 0 aromatic rings. The number of hydrogen-bond donors (Lipinski definition) is 2. The first-order chi connectivity index (χ1) is 7.67. The molecule has 1 aliphatic heterocycles. The van der Waals surface area contributed by atoms with E-state index in [0.29, 0.717) is 12.5 Å². The van der Waals surface area contributed by atoms with Gasteiger partial charge in [-0.15, -0.1) is 0 Å². The first kappa shape index (κ1) is 12.2. The monoisotopic (exact) mass is 240 g/mol. The summed E-state index contributed by atoms with van der Waals surface area (Å²) >= 11 is 0. The standard InChI is InChI=1S/C12H20N2O3/c1-7-9(15)13-12(6-14(7)10(16)17)5-8(12)11(2,3)4/h7-8H,5-6H2,1-4H3,(H,13,15)(H,16,17). The summed E-state index contributed by atoms with van der Waals surface area (Å²) in [5.41, 5.74) is -0.224. The number of hydrogen-bond acceptors (Lipinski definition) is 2. The molecule has 1 heterocycles. The van der Waals surface area contributed by atoms with Gasteiger partial charge in [-0.05, 0) is 24.7 Å². The highest BCUT2D eigenvalue weighted by Crippen LogP contribution is 2.55. The van der Waals surface area contributed by atoms with E-state index in [9.17, 15) is 9.59 Å². The van der Waals surface area contributed by atoms with Gasteiger partial charge in [-0.3, -0.25) is 9.69 Å². The molecule has 5 heteroatoms. The number of carbonyl (C=O) groups is 2. The van der Waals surface area contributed by atoms with Gasteiger partial charge in [0.2, 0.25) is 5.91 Å². The number of piperazine rings is 1. The van der Waals surface area contributed by atoms with Crippen molar-refractivity contribution in [2.24, 2.45) is 11.3 Å². The van der Waals surface area contributed by atoms with Crippen LogP contribution in [-0.4, -0.2) is 40.1 Å². The fraction of sp³-hybridized carbons (Fsp3) is 0.833.